The number of nitrogens with zero attached hydrogens (tertiary/aromatic N) is 3. The minimum Gasteiger partial charge on any atom is -0.497 e. The van der Waals surface area contributed by atoms with Gasteiger partial charge in [0.25, 0.3) is 5.56 Å². The number of hydrogen-bond acceptors (Lipinski definition) is 5. The van der Waals surface area contributed by atoms with E-state index in [1.54, 1.807) is 24.9 Å². The lowest BCUT2D eigenvalue weighted by Crippen LogP contribution is -2.36. The first kappa shape index (κ1) is 17.1. The van der Waals surface area contributed by atoms with Gasteiger partial charge >= 0.3 is 0 Å². The van der Waals surface area contributed by atoms with Crippen LogP contribution >= 0.6 is 11.8 Å². The van der Waals surface area contributed by atoms with E-state index in [2.05, 4.69) is 4.98 Å². The second-order valence-electron chi connectivity index (χ2n) is 6.64. The summed E-state index contributed by atoms with van der Waals surface area (Å²) in [5.74, 6) is 2.06. The van der Waals surface area contributed by atoms with E-state index in [0.29, 0.717) is 12.5 Å². The Morgan fingerprint density at radius 3 is 2.73 bits per heavy atom. The molecule has 1 unspecified atom stereocenters. The molecule has 1 aromatic heterocycles. The summed E-state index contributed by atoms with van der Waals surface area (Å²) in [5, 5.41) is -0.0252. The van der Waals surface area contributed by atoms with Crippen molar-refractivity contribution in [2.75, 3.05) is 19.4 Å². The van der Waals surface area contributed by atoms with Crippen molar-refractivity contribution in [1.82, 2.24) is 14.5 Å². The van der Waals surface area contributed by atoms with Crippen LogP contribution in [-0.4, -0.2) is 39.8 Å². The number of methoxy groups -OCH3 is 1. The van der Waals surface area contributed by atoms with Crippen molar-refractivity contribution in [3.05, 3.63) is 58.3 Å². The summed E-state index contributed by atoms with van der Waals surface area (Å²) in [7, 11) is 1.63. The lowest BCUT2D eigenvalue weighted by molar-refractivity contribution is -0.132. The Bertz CT molecular complexity index is 861. The Labute approximate surface area is 156 Å². The van der Waals surface area contributed by atoms with Crippen molar-refractivity contribution >= 4 is 17.7 Å². The first-order valence-electron chi connectivity index (χ1n) is 8.77. The minimum absolute atomic E-state index is 0.0252. The van der Waals surface area contributed by atoms with Crippen LogP contribution in [0.15, 0.2) is 41.5 Å². The average Bonchev–Trinajstić information content (AvgIpc) is 3.39. The van der Waals surface area contributed by atoms with Crippen LogP contribution in [-0.2, 0) is 11.3 Å². The van der Waals surface area contributed by atoms with Crippen LogP contribution in [0.2, 0.25) is 0 Å². The molecule has 2 aromatic rings. The highest BCUT2D eigenvalue weighted by Gasteiger charge is 2.31. The topological polar surface area (TPSA) is 64.4 Å². The molecule has 0 N–H and O–H groups in total. The molecule has 1 atom stereocenters. The number of carbonyl (C=O) groups is 1. The van der Waals surface area contributed by atoms with Crippen LogP contribution in [0.3, 0.4) is 0 Å². The molecule has 1 aliphatic carbocycles. The van der Waals surface area contributed by atoms with Crippen molar-refractivity contribution in [1.29, 1.82) is 0 Å². The highest BCUT2D eigenvalue weighted by Crippen LogP contribution is 2.39. The summed E-state index contributed by atoms with van der Waals surface area (Å²) in [5.41, 5.74) is 1.77. The summed E-state index contributed by atoms with van der Waals surface area (Å²) in [6.07, 6.45) is 3.72. The summed E-state index contributed by atoms with van der Waals surface area (Å²) < 4.78 is 6.60. The van der Waals surface area contributed by atoms with Gasteiger partial charge in [-0.2, -0.15) is 0 Å². The summed E-state index contributed by atoms with van der Waals surface area (Å²) in [6, 6.07) is 9.36. The maximum Gasteiger partial charge on any atom is 0.254 e. The molecule has 136 valence electrons. The SMILES string of the molecule is COc1ccc(C2SCCN2C(=O)Cn2cnc(C3CC3)cc2=O)cc1. The van der Waals surface area contributed by atoms with Gasteiger partial charge in [0, 0.05) is 24.3 Å². The number of hydrogen-bond donors (Lipinski definition) is 0. The molecule has 2 fully saturated rings. The molecule has 0 spiro atoms. The maximum absolute atomic E-state index is 12.8. The van der Waals surface area contributed by atoms with E-state index in [4.69, 9.17) is 4.74 Å². The molecule has 6 nitrogen and oxygen atoms in total. The zero-order chi connectivity index (χ0) is 18.1. The van der Waals surface area contributed by atoms with Gasteiger partial charge < -0.3 is 9.64 Å². The molecular formula is C19H21N3O3S. The molecule has 0 radical (unpaired) electrons. The quantitative estimate of drug-likeness (QED) is 0.808. The molecule has 1 saturated carbocycles. The largest absolute Gasteiger partial charge is 0.497 e. The van der Waals surface area contributed by atoms with Crippen molar-refractivity contribution in [3.63, 3.8) is 0 Å². The smallest absolute Gasteiger partial charge is 0.254 e. The Morgan fingerprint density at radius 1 is 1.31 bits per heavy atom. The molecule has 7 heteroatoms. The first-order valence-corrected chi connectivity index (χ1v) is 9.82. The Morgan fingerprint density at radius 2 is 2.08 bits per heavy atom. The third kappa shape index (κ3) is 3.49. The molecule has 0 bridgehead atoms. The number of carbonyl (C=O) groups excluding carboxylic acids is 1. The van der Waals surface area contributed by atoms with Gasteiger partial charge in [-0.3, -0.25) is 14.2 Å². The fourth-order valence-electron chi connectivity index (χ4n) is 3.17. The van der Waals surface area contributed by atoms with Crippen molar-refractivity contribution < 1.29 is 9.53 Å². The lowest BCUT2D eigenvalue weighted by atomic mass is 10.2. The monoisotopic (exact) mass is 371 g/mol. The van der Waals surface area contributed by atoms with Crippen LogP contribution in [0.25, 0.3) is 0 Å². The standard InChI is InChI=1S/C19H21N3O3S/c1-25-15-6-4-14(5-7-15)19-22(8-9-26-19)18(24)11-21-12-20-16(10-17(21)23)13-2-3-13/h4-7,10,12-13,19H,2-3,8-9,11H2,1H3. The number of aromatic nitrogens is 2. The van der Waals surface area contributed by atoms with Crippen LogP contribution in [0.4, 0.5) is 0 Å². The predicted molar refractivity (Wildman–Crippen MR) is 100 cm³/mol. The van der Waals surface area contributed by atoms with Crippen LogP contribution in [0.1, 0.15) is 35.4 Å². The molecule has 2 aliphatic rings. The lowest BCUT2D eigenvalue weighted by Gasteiger charge is -2.24. The fourth-order valence-corrected chi connectivity index (χ4v) is 4.45. The van der Waals surface area contributed by atoms with Crippen molar-refractivity contribution in [2.24, 2.45) is 0 Å². The molecule has 1 amide bonds. The van der Waals surface area contributed by atoms with Gasteiger partial charge in [0.2, 0.25) is 5.91 Å². The van der Waals surface area contributed by atoms with Gasteiger partial charge in [-0.15, -0.1) is 11.8 Å². The Balaban J connectivity index is 1.48. The zero-order valence-electron chi connectivity index (χ0n) is 14.6. The Kier molecular flexibility index (Phi) is 4.72. The summed E-state index contributed by atoms with van der Waals surface area (Å²) in [4.78, 5) is 31.3. The van der Waals surface area contributed by atoms with Gasteiger partial charge in [0.15, 0.2) is 0 Å². The van der Waals surface area contributed by atoms with Crippen molar-refractivity contribution in [3.8, 4) is 5.75 Å². The molecular weight excluding hydrogens is 350 g/mol. The molecule has 4 rings (SSSR count). The average molecular weight is 371 g/mol. The summed E-state index contributed by atoms with van der Waals surface area (Å²) in [6.45, 7) is 0.715. The molecule has 26 heavy (non-hydrogen) atoms. The predicted octanol–water partition coefficient (Wildman–Crippen LogP) is 2.40. The maximum atomic E-state index is 12.8. The number of rotatable bonds is 5. The fraction of sp³-hybridized carbons (Fsp3) is 0.421. The van der Waals surface area contributed by atoms with E-state index in [9.17, 15) is 9.59 Å². The zero-order valence-corrected chi connectivity index (χ0v) is 15.4. The van der Waals surface area contributed by atoms with Gasteiger partial charge in [-0.1, -0.05) is 12.1 Å². The second kappa shape index (κ2) is 7.15. The number of benzene rings is 1. The minimum atomic E-state index is -0.150. The number of thioether (sulfide) groups is 1. The van der Waals surface area contributed by atoms with Crippen LogP contribution in [0, 0.1) is 0 Å². The van der Waals surface area contributed by atoms with Gasteiger partial charge in [0.1, 0.15) is 17.7 Å². The van der Waals surface area contributed by atoms with E-state index < -0.39 is 0 Å². The van der Waals surface area contributed by atoms with Crippen LogP contribution in [0.5, 0.6) is 5.75 Å². The van der Waals surface area contributed by atoms with E-state index in [0.717, 1.165) is 35.6 Å². The highest BCUT2D eigenvalue weighted by atomic mass is 32.2. The second-order valence-corrected chi connectivity index (χ2v) is 7.83. The van der Waals surface area contributed by atoms with Gasteiger partial charge in [0.05, 0.1) is 19.1 Å². The van der Waals surface area contributed by atoms with Gasteiger partial charge in [-0.05, 0) is 30.5 Å². The first-order chi connectivity index (χ1) is 12.7. The van der Waals surface area contributed by atoms with E-state index in [1.165, 1.54) is 10.9 Å². The van der Waals surface area contributed by atoms with Gasteiger partial charge in [-0.25, -0.2) is 4.98 Å². The highest BCUT2D eigenvalue weighted by molar-refractivity contribution is 7.99. The summed E-state index contributed by atoms with van der Waals surface area (Å²) >= 11 is 1.74. The third-order valence-corrected chi connectivity index (χ3v) is 6.07. The number of ether oxygens (including phenoxy) is 1. The Hall–Kier alpha value is -2.28. The van der Waals surface area contributed by atoms with E-state index >= 15 is 0 Å². The third-order valence-electron chi connectivity index (χ3n) is 4.81. The van der Waals surface area contributed by atoms with Crippen molar-refractivity contribution in [2.45, 2.75) is 30.7 Å². The molecule has 2 heterocycles. The number of amides is 1. The van der Waals surface area contributed by atoms with E-state index in [-0.39, 0.29) is 23.4 Å². The van der Waals surface area contributed by atoms with Crippen LogP contribution < -0.4 is 10.3 Å². The normalized spacial score (nSPS) is 19.6. The molecule has 1 aliphatic heterocycles. The molecule has 1 aromatic carbocycles. The van der Waals surface area contributed by atoms with E-state index in [1.807, 2.05) is 29.2 Å². The molecule has 1 saturated heterocycles.